The average molecular weight is 281 g/mol. The van der Waals surface area contributed by atoms with E-state index in [0.717, 1.165) is 12.3 Å². The number of aryl methyl sites for hydroxylation is 1. The smallest absolute Gasteiger partial charge is 0.122 e. The molecule has 0 saturated heterocycles. The Morgan fingerprint density at radius 3 is 2.43 bits per heavy atom. The Kier molecular flexibility index (Phi) is 3.98. The lowest BCUT2D eigenvalue weighted by Gasteiger charge is -2.41. The van der Waals surface area contributed by atoms with Gasteiger partial charge < -0.3 is 10.5 Å². The van der Waals surface area contributed by atoms with E-state index in [1.807, 2.05) is 18.2 Å². The second kappa shape index (κ2) is 5.90. The van der Waals surface area contributed by atoms with Crippen LogP contribution in [0.15, 0.2) is 48.5 Å². The van der Waals surface area contributed by atoms with E-state index in [2.05, 4.69) is 37.3 Å². The highest BCUT2D eigenvalue weighted by Gasteiger charge is 2.37. The molecule has 3 rings (SSSR count). The minimum absolute atomic E-state index is 0.225. The zero-order valence-electron chi connectivity index (χ0n) is 12.6. The quantitative estimate of drug-likeness (QED) is 0.900. The predicted octanol–water partition coefficient (Wildman–Crippen LogP) is 3.95. The molecule has 0 bridgehead atoms. The van der Waals surface area contributed by atoms with E-state index in [1.165, 1.54) is 36.0 Å². The average Bonchev–Trinajstić information content (AvgIpc) is 2.47. The Bertz CT molecular complexity index is 597. The van der Waals surface area contributed by atoms with Gasteiger partial charge in [-0.05, 0) is 42.5 Å². The summed E-state index contributed by atoms with van der Waals surface area (Å²) in [4.78, 5) is 0. The molecule has 0 atom stereocenters. The van der Waals surface area contributed by atoms with Crippen LogP contribution in [0.1, 0.15) is 36.0 Å². The molecule has 0 spiro atoms. The number of hydrogen-bond donors (Lipinski definition) is 1. The summed E-state index contributed by atoms with van der Waals surface area (Å²) in [5, 5.41) is 0. The number of rotatable bonds is 5. The molecular weight excluding hydrogens is 258 g/mol. The van der Waals surface area contributed by atoms with E-state index in [0.29, 0.717) is 6.61 Å². The molecule has 2 aromatic rings. The second-order valence-electron chi connectivity index (χ2n) is 6.09. The Balaban J connectivity index is 1.73. The van der Waals surface area contributed by atoms with Crippen molar-refractivity contribution < 1.29 is 4.74 Å². The second-order valence-corrected chi connectivity index (χ2v) is 6.09. The first kappa shape index (κ1) is 14.2. The van der Waals surface area contributed by atoms with Crippen LogP contribution in [0.3, 0.4) is 0 Å². The van der Waals surface area contributed by atoms with Crippen LogP contribution in [-0.4, -0.2) is 6.54 Å². The van der Waals surface area contributed by atoms with Crippen molar-refractivity contribution in [2.24, 2.45) is 5.73 Å². The van der Waals surface area contributed by atoms with Crippen LogP contribution in [0.5, 0.6) is 5.75 Å². The number of nitrogens with two attached hydrogens (primary N) is 1. The fourth-order valence-electron chi connectivity index (χ4n) is 3.09. The summed E-state index contributed by atoms with van der Waals surface area (Å²) in [6, 6.07) is 16.8. The van der Waals surface area contributed by atoms with Gasteiger partial charge in [0.25, 0.3) is 0 Å². The molecule has 21 heavy (non-hydrogen) atoms. The number of hydrogen-bond acceptors (Lipinski definition) is 2. The molecule has 0 heterocycles. The molecule has 0 aliphatic heterocycles. The van der Waals surface area contributed by atoms with Crippen molar-refractivity contribution in [3.05, 3.63) is 65.2 Å². The van der Waals surface area contributed by atoms with Crippen molar-refractivity contribution in [2.45, 2.75) is 38.2 Å². The molecule has 0 aromatic heterocycles. The van der Waals surface area contributed by atoms with Gasteiger partial charge in [0, 0.05) is 12.0 Å². The van der Waals surface area contributed by atoms with E-state index >= 15 is 0 Å². The monoisotopic (exact) mass is 281 g/mol. The third kappa shape index (κ3) is 2.81. The van der Waals surface area contributed by atoms with Gasteiger partial charge in [0.15, 0.2) is 0 Å². The van der Waals surface area contributed by atoms with Crippen LogP contribution < -0.4 is 10.5 Å². The third-order valence-electron chi connectivity index (χ3n) is 4.73. The molecule has 0 radical (unpaired) electrons. The van der Waals surface area contributed by atoms with Crippen molar-refractivity contribution in [1.82, 2.24) is 0 Å². The molecule has 110 valence electrons. The number of benzene rings is 2. The van der Waals surface area contributed by atoms with Gasteiger partial charge in [-0.25, -0.2) is 0 Å². The van der Waals surface area contributed by atoms with E-state index in [-0.39, 0.29) is 5.41 Å². The Hall–Kier alpha value is -1.80. The van der Waals surface area contributed by atoms with Gasteiger partial charge in [-0.2, -0.15) is 0 Å². The molecule has 2 heteroatoms. The normalized spacial score (nSPS) is 16.3. The highest BCUT2D eigenvalue weighted by atomic mass is 16.5. The Labute approximate surface area is 126 Å². The van der Waals surface area contributed by atoms with Crippen LogP contribution in [0.25, 0.3) is 0 Å². The van der Waals surface area contributed by atoms with Gasteiger partial charge in [0.05, 0.1) is 0 Å². The zero-order valence-corrected chi connectivity index (χ0v) is 12.6. The standard InChI is InChI=1S/C19H23NO/c1-15-12-17(19(14-20)10-5-11-19)8-9-18(15)21-13-16-6-3-2-4-7-16/h2-4,6-9,12H,5,10-11,13-14,20H2,1H3. The molecule has 2 aromatic carbocycles. The fraction of sp³-hybridized carbons (Fsp3) is 0.368. The molecule has 1 fully saturated rings. The Morgan fingerprint density at radius 2 is 1.86 bits per heavy atom. The summed E-state index contributed by atoms with van der Waals surface area (Å²) in [5.41, 5.74) is 9.98. The van der Waals surface area contributed by atoms with Crippen LogP contribution in [0, 0.1) is 6.92 Å². The van der Waals surface area contributed by atoms with Gasteiger partial charge in [0.2, 0.25) is 0 Å². The van der Waals surface area contributed by atoms with Crippen molar-refractivity contribution in [1.29, 1.82) is 0 Å². The lowest BCUT2D eigenvalue weighted by molar-refractivity contribution is 0.252. The summed E-state index contributed by atoms with van der Waals surface area (Å²) >= 11 is 0. The molecular formula is C19H23NO. The van der Waals surface area contributed by atoms with Crippen LogP contribution in [0.4, 0.5) is 0 Å². The highest BCUT2D eigenvalue weighted by Crippen LogP contribution is 2.43. The maximum Gasteiger partial charge on any atom is 0.122 e. The van der Waals surface area contributed by atoms with E-state index in [1.54, 1.807) is 0 Å². The maximum atomic E-state index is 5.99. The van der Waals surface area contributed by atoms with Crippen molar-refractivity contribution in [3.63, 3.8) is 0 Å². The maximum absolute atomic E-state index is 5.99. The molecule has 1 saturated carbocycles. The minimum Gasteiger partial charge on any atom is -0.489 e. The SMILES string of the molecule is Cc1cc(C2(CN)CCC2)ccc1OCc1ccccc1. The summed E-state index contributed by atoms with van der Waals surface area (Å²) in [6.45, 7) is 3.48. The number of ether oxygens (including phenoxy) is 1. The largest absolute Gasteiger partial charge is 0.489 e. The first-order valence-corrected chi connectivity index (χ1v) is 7.71. The molecule has 0 unspecified atom stereocenters. The molecule has 0 amide bonds. The van der Waals surface area contributed by atoms with Crippen molar-refractivity contribution in [2.75, 3.05) is 6.54 Å². The summed E-state index contributed by atoms with van der Waals surface area (Å²) in [6.07, 6.45) is 3.73. The van der Waals surface area contributed by atoms with Gasteiger partial charge in [-0.3, -0.25) is 0 Å². The fourth-order valence-corrected chi connectivity index (χ4v) is 3.09. The Morgan fingerprint density at radius 1 is 1.10 bits per heavy atom. The van der Waals surface area contributed by atoms with Crippen LogP contribution in [0.2, 0.25) is 0 Å². The molecule has 1 aliphatic carbocycles. The summed E-state index contributed by atoms with van der Waals surface area (Å²) < 4.78 is 5.94. The zero-order chi connectivity index (χ0) is 14.7. The van der Waals surface area contributed by atoms with Crippen molar-refractivity contribution >= 4 is 0 Å². The lowest BCUT2D eigenvalue weighted by Crippen LogP contribution is -2.41. The van der Waals surface area contributed by atoms with Crippen molar-refractivity contribution in [3.8, 4) is 5.75 Å². The first-order valence-electron chi connectivity index (χ1n) is 7.71. The van der Waals surface area contributed by atoms with Gasteiger partial charge in [-0.1, -0.05) is 48.9 Å². The van der Waals surface area contributed by atoms with E-state index < -0.39 is 0 Å². The van der Waals surface area contributed by atoms with Gasteiger partial charge in [0.1, 0.15) is 12.4 Å². The lowest BCUT2D eigenvalue weighted by atomic mass is 9.64. The topological polar surface area (TPSA) is 35.2 Å². The predicted molar refractivity (Wildman–Crippen MR) is 86.5 cm³/mol. The van der Waals surface area contributed by atoms with Gasteiger partial charge in [-0.15, -0.1) is 0 Å². The van der Waals surface area contributed by atoms with Crippen LogP contribution in [-0.2, 0) is 12.0 Å². The molecule has 2 nitrogen and oxygen atoms in total. The summed E-state index contributed by atoms with van der Waals surface area (Å²) in [7, 11) is 0. The highest BCUT2D eigenvalue weighted by molar-refractivity contribution is 5.40. The van der Waals surface area contributed by atoms with E-state index in [4.69, 9.17) is 10.5 Å². The molecule has 2 N–H and O–H groups in total. The van der Waals surface area contributed by atoms with Gasteiger partial charge >= 0.3 is 0 Å². The molecule has 1 aliphatic rings. The van der Waals surface area contributed by atoms with Crippen LogP contribution >= 0.6 is 0 Å². The third-order valence-corrected chi connectivity index (χ3v) is 4.73. The first-order chi connectivity index (χ1) is 10.2. The minimum atomic E-state index is 0.225. The van der Waals surface area contributed by atoms with E-state index in [9.17, 15) is 0 Å². The summed E-state index contributed by atoms with van der Waals surface area (Å²) in [5.74, 6) is 0.967.